The number of hydrogen-bond acceptors (Lipinski definition) is 2. The molecule has 0 unspecified atom stereocenters. The molecule has 2 aromatic carbocycles. The number of benzene rings is 2. The molecular weight excluding hydrogens is 246 g/mol. The Morgan fingerprint density at radius 3 is 2.60 bits per heavy atom. The Morgan fingerprint density at radius 1 is 0.900 bits per heavy atom. The van der Waals surface area contributed by atoms with Crippen molar-refractivity contribution >= 4 is 28.3 Å². The third kappa shape index (κ3) is 1.68. The molecule has 0 radical (unpaired) electrons. The van der Waals surface area contributed by atoms with Gasteiger partial charge in [0.2, 0.25) is 0 Å². The fourth-order valence-corrected chi connectivity index (χ4v) is 3.43. The Hall–Kier alpha value is -2.09. The summed E-state index contributed by atoms with van der Waals surface area (Å²) in [7, 11) is 0. The largest absolute Gasteiger partial charge is 0.371 e. The van der Waals surface area contributed by atoms with E-state index in [4.69, 9.17) is 0 Å². The minimum atomic E-state index is 0.124. The number of anilines is 1. The van der Waals surface area contributed by atoms with Gasteiger partial charge in [-0.2, -0.15) is 0 Å². The quantitative estimate of drug-likeness (QED) is 0.774. The second-order valence-electron chi connectivity index (χ2n) is 5.65. The van der Waals surface area contributed by atoms with Gasteiger partial charge in [-0.05, 0) is 43.0 Å². The van der Waals surface area contributed by atoms with E-state index in [0.717, 1.165) is 29.6 Å². The van der Waals surface area contributed by atoms with E-state index in [1.807, 2.05) is 12.1 Å². The highest BCUT2D eigenvalue weighted by molar-refractivity contribution is 6.21. The normalized spacial score (nSPS) is 17.8. The van der Waals surface area contributed by atoms with Gasteiger partial charge in [-0.1, -0.05) is 24.3 Å². The zero-order valence-corrected chi connectivity index (χ0v) is 11.4. The summed E-state index contributed by atoms with van der Waals surface area (Å²) >= 11 is 0. The topological polar surface area (TPSA) is 20.3 Å². The number of rotatable bonds is 1. The highest BCUT2D eigenvalue weighted by atomic mass is 16.1. The van der Waals surface area contributed by atoms with Crippen LogP contribution in [0.2, 0.25) is 0 Å². The predicted octanol–water partition coefficient (Wildman–Crippen LogP) is 4.04. The molecule has 0 amide bonds. The standard InChI is InChI=1S/C18H17NO/c20-17-10-7-13-5-4-6-14-16(9-8-15(17)18(13)14)19-11-2-1-3-12-19/h4-10H,1-3,11-12H2. The number of carbonyl (C=O) groups excluding carboxylic acids is 1. The average Bonchev–Trinajstić information content (AvgIpc) is 2.52. The van der Waals surface area contributed by atoms with E-state index in [2.05, 4.69) is 29.2 Å². The number of allylic oxidation sites excluding steroid dienone is 1. The molecule has 100 valence electrons. The second kappa shape index (κ2) is 4.48. The number of hydrogen-bond donors (Lipinski definition) is 0. The van der Waals surface area contributed by atoms with E-state index < -0.39 is 0 Å². The number of carbonyl (C=O) groups is 1. The fraction of sp³-hybridized carbons (Fsp3) is 0.278. The van der Waals surface area contributed by atoms with Crippen LogP contribution in [0.3, 0.4) is 0 Å². The van der Waals surface area contributed by atoms with Gasteiger partial charge in [0, 0.05) is 35.1 Å². The molecular formula is C18H17NO. The van der Waals surface area contributed by atoms with Gasteiger partial charge in [0.1, 0.15) is 0 Å². The second-order valence-corrected chi connectivity index (χ2v) is 5.65. The van der Waals surface area contributed by atoms with Crippen molar-refractivity contribution in [2.75, 3.05) is 18.0 Å². The Bertz CT molecular complexity index is 724. The predicted molar refractivity (Wildman–Crippen MR) is 83.4 cm³/mol. The molecule has 0 bridgehead atoms. The van der Waals surface area contributed by atoms with Gasteiger partial charge in [0.25, 0.3) is 0 Å². The van der Waals surface area contributed by atoms with Crippen LogP contribution in [-0.2, 0) is 0 Å². The zero-order chi connectivity index (χ0) is 13.5. The van der Waals surface area contributed by atoms with E-state index in [1.165, 1.54) is 30.3 Å². The minimum Gasteiger partial charge on any atom is -0.371 e. The molecule has 1 fully saturated rings. The smallest absolute Gasteiger partial charge is 0.186 e. The van der Waals surface area contributed by atoms with E-state index in [9.17, 15) is 4.79 Å². The lowest BCUT2D eigenvalue weighted by Gasteiger charge is -2.30. The van der Waals surface area contributed by atoms with E-state index in [1.54, 1.807) is 6.08 Å². The maximum atomic E-state index is 12.1. The first-order chi connectivity index (χ1) is 9.84. The first kappa shape index (κ1) is 11.7. The van der Waals surface area contributed by atoms with Crippen molar-refractivity contribution in [3.8, 4) is 0 Å². The number of piperidine rings is 1. The molecule has 2 nitrogen and oxygen atoms in total. The Labute approximate surface area is 118 Å². The van der Waals surface area contributed by atoms with Crippen molar-refractivity contribution in [2.45, 2.75) is 19.3 Å². The van der Waals surface area contributed by atoms with Crippen molar-refractivity contribution in [3.63, 3.8) is 0 Å². The lowest BCUT2D eigenvalue weighted by atomic mass is 9.91. The maximum Gasteiger partial charge on any atom is 0.186 e. The number of ketones is 1. The molecule has 1 aliphatic carbocycles. The molecule has 0 N–H and O–H groups in total. The first-order valence-electron chi connectivity index (χ1n) is 7.38. The van der Waals surface area contributed by atoms with Crippen LogP contribution in [0.15, 0.2) is 36.4 Å². The van der Waals surface area contributed by atoms with Crippen LogP contribution in [0, 0.1) is 0 Å². The van der Waals surface area contributed by atoms with Crippen LogP contribution >= 0.6 is 0 Å². The van der Waals surface area contributed by atoms with Gasteiger partial charge in [-0.15, -0.1) is 0 Å². The van der Waals surface area contributed by atoms with Gasteiger partial charge in [-0.3, -0.25) is 4.79 Å². The minimum absolute atomic E-state index is 0.124. The van der Waals surface area contributed by atoms with Gasteiger partial charge < -0.3 is 4.90 Å². The van der Waals surface area contributed by atoms with Crippen molar-refractivity contribution in [1.82, 2.24) is 0 Å². The molecule has 0 aromatic heterocycles. The fourth-order valence-electron chi connectivity index (χ4n) is 3.43. The summed E-state index contributed by atoms with van der Waals surface area (Å²) in [6.07, 6.45) is 7.48. The molecule has 2 aromatic rings. The van der Waals surface area contributed by atoms with E-state index >= 15 is 0 Å². The van der Waals surface area contributed by atoms with Crippen LogP contribution < -0.4 is 4.90 Å². The lowest BCUT2D eigenvalue weighted by Crippen LogP contribution is -2.29. The summed E-state index contributed by atoms with van der Waals surface area (Å²) in [6.45, 7) is 2.25. The Kier molecular flexibility index (Phi) is 2.62. The van der Waals surface area contributed by atoms with Crippen LogP contribution in [0.25, 0.3) is 16.8 Å². The van der Waals surface area contributed by atoms with Gasteiger partial charge in [0.05, 0.1) is 0 Å². The highest BCUT2D eigenvalue weighted by Gasteiger charge is 2.19. The molecule has 2 aliphatic rings. The third-order valence-electron chi connectivity index (χ3n) is 4.43. The molecule has 1 saturated heterocycles. The van der Waals surface area contributed by atoms with Gasteiger partial charge in [0.15, 0.2) is 5.78 Å². The highest BCUT2D eigenvalue weighted by Crippen LogP contribution is 2.35. The van der Waals surface area contributed by atoms with Gasteiger partial charge in [-0.25, -0.2) is 0 Å². The molecule has 4 rings (SSSR count). The van der Waals surface area contributed by atoms with E-state index in [-0.39, 0.29) is 5.78 Å². The molecule has 0 saturated carbocycles. The summed E-state index contributed by atoms with van der Waals surface area (Å²) < 4.78 is 0. The molecule has 2 heteroatoms. The lowest BCUT2D eigenvalue weighted by molar-refractivity contribution is 0.104. The zero-order valence-electron chi connectivity index (χ0n) is 11.4. The SMILES string of the molecule is O=C1C=Cc2cccc3c(N4CCCCC4)ccc1c23. The van der Waals surface area contributed by atoms with Crippen molar-refractivity contribution < 1.29 is 4.79 Å². The third-order valence-corrected chi connectivity index (χ3v) is 4.43. The summed E-state index contributed by atoms with van der Waals surface area (Å²) in [4.78, 5) is 14.5. The molecule has 20 heavy (non-hydrogen) atoms. The summed E-state index contributed by atoms with van der Waals surface area (Å²) in [5, 5.41) is 2.35. The van der Waals surface area contributed by atoms with Crippen LogP contribution in [0.1, 0.15) is 35.2 Å². The van der Waals surface area contributed by atoms with Gasteiger partial charge >= 0.3 is 0 Å². The summed E-state index contributed by atoms with van der Waals surface area (Å²) in [6, 6.07) is 10.5. The average molecular weight is 263 g/mol. The summed E-state index contributed by atoms with van der Waals surface area (Å²) in [5.41, 5.74) is 3.29. The molecule has 1 aliphatic heterocycles. The maximum absolute atomic E-state index is 12.1. The first-order valence-corrected chi connectivity index (χ1v) is 7.38. The molecule has 1 heterocycles. The van der Waals surface area contributed by atoms with Crippen molar-refractivity contribution in [1.29, 1.82) is 0 Å². The monoisotopic (exact) mass is 263 g/mol. The Balaban J connectivity index is 1.96. The van der Waals surface area contributed by atoms with Crippen LogP contribution in [-0.4, -0.2) is 18.9 Å². The van der Waals surface area contributed by atoms with Crippen LogP contribution in [0.4, 0.5) is 5.69 Å². The van der Waals surface area contributed by atoms with Crippen molar-refractivity contribution in [3.05, 3.63) is 47.5 Å². The van der Waals surface area contributed by atoms with Crippen LogP contribution in [0.5, 0.6) is 0 Å². The number of nitrogens with zero attached hydrogens (tertiary/aromatic N) is 1. The van der Waals surface area contributed by atoms with E-state index in [0.29, 0.717) is 0 Å². The molecule has 0 spiro atoms. The van der Waals surface area contributed by atoms with Crippen molar-refractivity contribution in [2.24, 2.45) is 0 Å². The molecule has 0 atom stereocenters. The summed E-state index contributed by atoms with van der Waals surface area (Å²) in [5.74, 6) is 0.124. The Morgan fingerprint density at radius 2 is 1.75 bits per heavy atom.